The molecule has 2 fully saturated rings. The lowest BCUT2D eigenvalue weighted by molar-refractivity contribution is -0.160. The van der Waals surface area contributed by atoms with E-state index in [0.29, 0.717) is 13.1 Å². The Morgan fingerprint density at radius 2 is 1.69 bits per heavy atom. The second-order valence-corrected chi connectivity index (χ2v) is 8.90. The molecule has 3 rings (SSSR count). The molecule has 0 atom stereocenters. The first-order valence-corrected chi connectivity index (χ1v) is 10.6. The van der Waals surface area contributed by atoms with Crippen LogP contribution in [0.1, 0.15) is 24.8 Å². The van der Waals surface area contributed by atoms with E-state index < -0.39 is 15.4 Å². The Balaban J connectivity index is 1.54. The van der Waals surface area contributed by atoms with Crippen molar-refractivity contribution >= 4 is 21.9 Å². The maximum absolute atomic E-state index is 12.6. The van der Waals surface area contributed by atoms with Gasteiger partial charge in [0.1, 0.15) is 0 Å². The number of benzene rings is 1. The molecule has 8 heteroatoms. The minimum absolute atomic E-state index is 0.270. The lowest BCUT2D eigenvalue weighted by Crippen LogP contribution is -2.51. The van der Waals surface area contributed by atoms with Crippen molar-refractivity contribution in [1.29, 1.82) is 0 Å². The molecule has 1 aromatic carbocycles. The standard InChI is InChI=1S/C18H24N2O5S/c1-26(23,24)20-12-10-19(11-13-20)16(21)14-25-17(22)18(8-5-9-18)15-6-3-2-4-7-15/h2-4,6-7H,5,8-14H2,1H3. The van der Waals surface area contributed by atoms with Gasteiger partial charge in [-0.2, -0.15) is 4.31 Å². The lowest BCUT2D eigenvalue weighted by Gasteiger charge is -2.40. The number of carbonyl (C=O) groups is 2. The van der Waals surface area contributed by atoms with Crippen LogP contribution in [-0.2, 0) is 29.8 Å². The molecule has 142 valence electrons. The van der Waals surface area contributed by atoms with Crippen LogP contribution in [0.2, 0.25) is 0 Å². The van der Waals surface area contributed by atoms with Crippen molar-refractivity contribution in [2.45, 2.75) is 24.7 Å². The summed E-state index contributed by atoms with van der Waals surface area (Å²) < 4.78 is 29.7. The third-order valence-electron chi connectivity index (χ3n) is 5.31. The van der Waals surface area contributed by atoms with Crippen LogP contribution in [0, 0.1) is 0 Å². The summed E-state index contributed by atoms with van der Waals surface area (Å²) in [6.07, 6.45) is 3.59. The van der Waals surface area contributed by atoms with Gasteiger partial charge in [-0.05, 0) is 18.4 Å². The van der Waals surface area contributed by atoms with Crippen molar-refractivity contribution in [3.05, 3.63) is 35.9 Å². The number of carbonyl (C=O) groups excluding carboxylic acids is 2. The molecule has 0 unspecified atom stereocenters. The van der Waals surface area contributed by atoms with Crippen LogP contribution in [0.15, 0.2) is 30.3 Å². The number of rotatable bonds is 5. The highest BCUT2D eigenvalue weighted by atomic mass is 32.2. The van der Waals surface area contributed by atoms with Crippen molar-refractivity contribution < 1.29 is 22.7 Å². The Labute approximate surface area is 154 Å². The minimum Gasteiger partial charge on any atom is -0.455 e. The number of nitrogens with zero attached hydrogens (tertiary/aromatic N) is 2. The van der Waals surface area contributed by atoms with Gasteiger partial charge < -0.3 is 9.64 Å². The van der Waals surface area contributed by atoms with Gasteiger partial charge in [0.25, 0.3) is 5.91 Å². The number of hydrogen-bond acceptors (Lipinski definition) is 5. The quantitative estimate of drug-likeness (QED) is 0.704. The first kappa shape index (κ1) is 18.8. The Kier molecular flexibility index (Phi) is 5.34. The van der Waals surface area contributed by atoms with E-state index in [-0.39, 0.29) is 31.6 Å². The van der Waals surface area contributed by atoms with Crippen LogP contribution in [0.4, 0.5) is 0 Å². The highest BCUT2D eigenvalue weighted by molar-refractivity contribution is 7.88. The van der Waals surface area contributed by atoms with E-state index in [9.17, 15) is 18.0 Å². The lowest BCUT2D eigenvalue weighted by atomic mass is 9.64. The van der Waals surface area contributed by atoms with Crippen LogP contribution >= 0.6 is 0 Å². The molecule has 1 saturated carbocycles. The van der Waals surface area contributed by atoms with E-state index in [1.807, 2.05) is 30.3 Å². The zero-order valence-electron chi connectivity index (χ0n) is 14.9. The molecule has 0 N–H and O–H groups in total. The van der Waals surface area contributed by atoms with E-state index in [4.69, 9.17) is 4.74 Å². The van der Waals surface area contributed by atoms with Crippen molar-refractivity contribution in [3.8, 4) is 0 Å². The predicted octanol–water partition coefficient (Wildman–Crippen LogP) is 0.755. The molecule has 0 bridgehead atoms. The molecule has 1 aliphatic carbocycles. The number of ether oxygens (including phenoxy) is 1. The van der Waals surface area contributed by atoms with Gasteiger partial charge in [0.2, 0.25) is 10.0 Å². The minimum atomic E-state index is -3.24. The summed E-state index contributed by atoms with van der Waals surface area (Å²) in [6, 6.07) is 9.55. The number of piperazine rings is 1. The number of sulfonamides is 1. The van der Waals surface area contributed by atoms with E-state index >= 15 is 0 Å². The van der Waals surface area contributed by atoms with Gasteiger partial charge in [0.05, 0.1) is 11.7 Å². The second kappa shape index (κ2) is 7.36. The van der Waals surface area contributed by atoms with Crippen LogP contribution < -0.4 is 0 Å². The summed E-state index contributed by atoms with van der Waals surface area (Å²) >= 11 is 0. The van der Waals surface area contributed by atoms with Crippen molar-refractivity contribution in [2.24, 2.45) is 0 Å². The zero-order valence-corrected chi connectivity index (χ0v) is 15.7. The summed E-state index contributed by atoms with van der Waals surface area (Å²) in [6.45, 7) is 0.867. The smallest absolute Gasteiger partial charge is 0.317 e. The number of esters is 1. The fraction of sp³-hybridized carbons (Fsp3) is 0.556. The molecule has 2 aliphatic rings. The summed E-state index contributed by atoms with van der Waals surface area (Å²) in [7, 11) is -3.24. The van der Waals surface area contributed by atoms with Gasteiger partial charge in [-0.3, -0.25) is 9.59 Å². The molecule has 0 aromatic heterocycles. The van der Waals surface area contributed by atoms with Crippen LogP contribution in [0.3, 0.4) is 0 Å². The van der Waals surface area contributed by atoms with Gasteiger partial charge >= 0.3 is 5.97 Å². The Morgan fingerprint density at radius 3 is 2.19 bits per heavy atom. The SMILES string of the molecule is CS(=O)(=O)N1CCN(C(=O)COC(=O)C2(c3ccccc3)CCC2)CC1. The summed E-state index contributed by atoms with van der Waals surface area (Å²) in [5.74, 6) is -0.632. The molecule has 0 radical (unpaired) electrons. The van der Waals surface area contributed by atoms with Gasteiger partial charge in [-0.15, -0.1) is 0 Å². The highest BCUT2D eigenvalue weighted by Crippen LogP contribution is 2.44. The monoisotopic (exact) mass is 380 g/mol. The van der Waals surface area contributed by atoms with Gasteiger partial charge in [-0.1, -0.05) is 36.8 Å². The molecule has 7 nitrogen and oxygen atoms in total. The maximum Gasteiger partial charge on any atom is 0.317 e. The van der Waals surface area contributed by atoms with Gasteiger partial charge in [0, 0.05) is 26.2 Å². The first-order valence-electron chi connectivity index (χ1n) is 8.79. The van der Waals surface area contributed by atoms with Crippen molar-refractivity contribution in [3.63, 3.8) is 0 Å². The molecule has 0 spiro atoms. The molecular formula is C18H24N2O5S. The molecule has 26 heavy (non-hydrogen) atoms. The fourth-order valence-corrected chi connectivity index (χ4v) is 4.35. The predicted molar refractivity (Wildman–Crippen MR) is 95.9 cm³/mol. The molecule has 1 saturated heterocycles. The summed E-state index contributed by atoms with van der Waals surface area (Å²) in [5, 5.41) is 0. The molecule has 1 aliphatic heterocycles. The van der Waals surface area contributed by atoms with Gasteiger partial charge in [0.15, 0.2) is 6.61 Å². The highest BCUT2D eigenvalue weighted by Gasteiger charge is 2.47. The topological polar surface area (TPSA) is 84.0 Å². The number of hydrogen-bond donors (Lipinski definition) is 0. The molecule has 1 aromatic rings. The Hall–Kier alpha value is -1.93. The van der Waals surface area contributed by atoms with Crippen LogP contribution in [-0.4, -0.2) is 68.5 Å². The van der Waals surface area contributed by atoms with E-state index in [0.717, 1.165) is 31.1 Å². The van der Waals surface area contributed by atoms with E-state index in [1.54, 1.807) is 4.90 Å². The molecular weight excluding hydrogens is 356 g/mol. The average molecular weight is 380 g/mol. The maximum atomic E-state index is 12.6. The Bertz CT molecular complexity index is 766. The first-order chi connectivity index (χ1) is 12.3. The summed E-state index contributed by atoms with van der Waals surface area (Å²) in [5.41, 5.74) is 0.307. The number of amides is 1. The van der Waals surface area contributed by atoms with Crippen LogP contribution in [0.5, 0.6) is 0 Å². The van der Waals surface area contributed by atoms with Gasteiger partial charge in [-0.25, -0.2) is 8.42 Å². The van der Waals surface area contributed by atoms with Crippen LogP contribution in [0.25, 0.3) is 0 Å². The normalized spacial score (nSPS) is 20.3. The zero-order chi connectivity index (χ0) is 18.8. The van der Waals surface area contributed by atoms with Crippen molar-refractivity contribution in [1.82, 2.24) is 9.21 Å². The third-order valence-corrected chi connectivity index (χ3v) is 6.61. The summed E-state index contributed by atoms with van der Waals surface area (Å²) in [4.78, 5) is 26.5. The fourth-order valence-electron chi connectivity index (χ4n) is 3.52. The molecule has 1 amide bonds. The average Bonchev–Trinajstić information content (AvgIpc) is 2.59. The van der Waals surface area contributed by atoms with Crippen molar-refractivity contribution in [2.75, 3.05) is 39.0 Å². The second-order valence-electron chi connectivity index (χ2n) is 6.92. The Morgan fingerprint density at radius 1 is 1.08 bits per heavy atom. The molecule has 1 heterocycles. The van der Waals surface area contributed by atoms with E-state index in [2.05, 4.69) is 0 Å². The third kappa shape index (κ3) is 3.76. The van der Waals surface area contributed by atoms with E-state index in [1.165, 1.54) is 4.31 Å². The largest absolute Gasteiger partial charge is 0.455 e.